The molecule has 2 amide bonds. The first-order chi connectivity index (χ1) is 9.23. The number of rotatable bonds is 2. The number of likely N-dealkylation sites (tertiary alicyclic amines) is 2. The van der Waals surface area contributed by atoms with Crippen LogP contribution in [-0.4, -0.2) is 48.8 Å². The summed E-state index contributed by atoms with van der Waals surface area (Å²) in [5.41, 5.74) is 0. The van der Waals surface area contributed by atoms with Gasteiger partial charge in [0, 0.05) is 39.5 Å². The third kappa shape index (κ3) is 5.33. The molecule has 0 radical (unpaired) electrons. The fourth-order valence-corrected chi connectivity index (χ4v) is 2.81. The van der Waals surface area contributed by atoms with Crippen molar-refractivity contribution >= 4 is 11.8 Å². The zero-order valence-corrected chi connectivity index (χ0v) is 13.8. The normalized spacial score (nSPS) is 25.3. The average Bonchev–Trinajstić information content (AvgIpc) is 2.86. The highest BCUT2D eigenvalue weighted by Crippen LogP contribution is 2.24. The zero-order chi connectivity index (χ0) is 15.4. The lowest BCUT2D eigenvalue weighted by Gasteiger charge is -2.12. The van der Waals surface area contributed by atoms with E-state index in [4.69, 9.17) is 0 Å². The fraction of sp³-hybridized carbons (Fsp3) is 0.882. The molecule has 2 aliphatic heterocycles. The summed E-state index contributed by atoms with van der Waals surface area (Å²) in [4.78, 5) is 25.9. The van der Waals surface area contributed by atoms with E-state index in [2.05, 4.69) is 27.7 Å². The molecule has 0 N–H and O–H groups in total. The maximum absolute atomic E-state index is 11.3. The quantitative estimate of drug-likeness (QED) is 0.786. The molecule has 2 aliphatic rings. The predicted octanol–water partition coefficient (Wildman–Crippen LogP) is 2.88. The van der Waals surface area contributed by atoms with Gasteiger partial charge in [-0.1, -0.05) is 35.1 Å². The van der Waals surface area contributed by atoms with E-state index in [9.17, 15) is 9.59 Å². The summed E-state index contributed by atoms with van der Waals surface area (Å²) < 4.78 is 0. The van der Waals surface area contributed by atoms with E-state index in [0.29, 0.717) is 35.5 Å². The monoisotopic (exact) mass is 298 g/mol. The van der Waals surface area contributed by atoms with Crippen LogP contribution < -0.4 is 0 Å². The molecule has 2 fully saturated rings. The summed E-state index contributed by atoms with van der Waals surface area (Å²) in [5.74, 6) is 2.68. The zero-order valence-electron chi connectivity index (χ0n) is 13.8. The molecule has 2 atom stereocenters. The Morgan fingerprint density at radius 2 is 1.57 bits per heavy atom. The summed E-state index contributed by atoms with van der Waals surface area (Å²) in [6, 6.07) is 0. The van der Waals surface area contributed by atoms with Crippen molar-refractivity contribution in [2.75, 3.05) is 27.2 Å². The van der Waals surface area contributed by atoms with Gasteiger partial charge in [0.25, 0.3) is 0 Å². The Kier molecular flexibility index (Phi) is 7.98. The van der Waals surface area contributed by atoms with Crippen molar-refractivity contribution in [1.82, 2.24) is 9.80 Å². The number of hydrogen-bond acceptors (Lipinski definition) is 2. The second-order valence-electron chi connectivity index (χ2n) is 6.88. The number of nitrogens with zero attached hydrogens (tertiary/aromatic N) is 2. The van der Waals surface area contributed by atoms with E-state index >= 15 is 0 Å². The lowest BCUT2D eigenvalue weighted by atomic mass is 9.95. The second-order valence-corrected chi connectivity index (χ2v) is 6.88. The SMILES string of the molecule is C.CC(C)C1CC(=O)N(C)C1.CC(C)C1CCN(C)C1=O. The van der Waals surface area contributed by atoms with Crippen LogP contribution in [0.3, 0.4) is 0 Å². The van der Waals surface area contributed by atoms with Crippen LogP contribution >= 0.6 is 0 Å². The molecule has 2 rings (SSSR count). The van der Waals surface area contributed by atoms with Crippen molar-refractivity contribution in [3.63, 3.8) is 0 Å². The molecule has 0 spiro atoms. The van der Waals surface area contributed by atoms with Crippen molar-refractivity contribution in [3.8, 4) is 0 Å². The van der Waals surface area contributed by atoms with E-state index < -0.39 is 0 Å². The molecule has 0 aromatic carbocycles. The Bertz CT molecular complexity index is 353. The van der Waals surface area contributed by atoms with E-state index in [1.165, 1.54) is 0 Å². The molecule has 0 aromatic heterocycles. The Hall–Kier alpha value is -1.06. The maximum atomic E-state index is 11.3. The second kappa shape index (κ2) is 8.40. The molecular weight excluding hydrogens is 264 g/mol. The van der Waals surface area contributed by atoms with E-state index in [1.807, 2.05) is 23.9 Å². The van der Waals surface area contributed by atoms with Gasteiger partial charge in [-0.3, -0.25) is 9.59 Å². The summed E-state index contributed by atoms with van der Waals surface area (Å²) in [5, 5.41) is 0. The van der Waals surface area contributed by atoms with Gasteiger partial charge in [-0.2, -0.15) is 0 Å². The van der Waals surface area contributed by atoms with Crippen molar-refractivity contribution in [1.29, 1.82) is 0 Å². The topological polar surface area (TPSA) is 40.6 Å². The molecule has 0 saturated carbocycles. The summed E-state index contributed by atoms with van der Waals surface area (Å²) in [7, 11) is 3.76. The van der Waals surface area contributed by atoms with Gasteiger partial charge in [-0.05, 0) is 24.2 Å². The van der Waals surface area contributed by atoms with Gasteiger partial charge in [0.05, 0.1) is 0 Å². The number of hydrogen-bond donors (Lipinski definition) is 0. The van der Waals surface area contributed by atoms with Crippen LogP contribution in [0.15, 0.2) is 0 Å². The molecule has 21 heavy (non-hydrogen) atoms. The van der Waals surface area contributed by atoms with Crippen LogP contribution in [0.2, 0.25) is 0 Å². The first kappa shape index (κ1) is 19.9. The fourth-order valence-electron chi connectivity index (χ4n) is 2.81. The minimum absolute atomic E-state index is 0. The lowest BCUT2D eigenvalue weighted by Crippen LogP contribution is -2.24. The highest BCUT2D eigenvalue weighted by atomic mass is 16.2. The third-order valence-corrected chi connectivity index (χ3v) is 4.59. The Morgan fingerprint density at radius 3 is 1.76 bits per heavy atom. The molecular formula is C17H34N2O2. The van der Waals surface area contributed by atoms with Gasteiger partial charge in [0.15, 0.2) is 0 Å². The summed E-state index contributed by atoms with van der Waals surface area (Å²) in [6.45, 7) is 10.5. The maximum Gasteiger partial charge on any atom is 0.225 e. The Labute approximate surface area is 130 Å². The molecule has 0 aromatic rings. The van der Waals surface area contributed by atoms with Crippen molar-refractivity contribution in [3.05, 3.63) is 0 Å². The van der Waals surface area contributed by atoms with Crippen LogP contribution in [0, 0.1) is 23.7 Å². The van der Waals surface area contributed by atoms with Crippen LogP contribution in [0.25, 0.3) is 0 Å². The molecule has 2 unspecified atom stereocenters. The third-order valence-electron chi connectivity index (χ3n) is 4.59. The van der Waals surface area contributed by atoms with Crippen LogP contribution in [0.1, 0.15) is 48.0 Å². The molecule has 0 aliphatic carbocycles. The van der Waals surface area contributed by atoms with Gasteiger partial charge in [0.2, 0.25) is 11.8 Å². The minimum atomic E-state index is 0. The van der Waals surface area contributed by atoms with E-state index in [-0.39, 0.29) is 7.43 Å². The molecule has 4 nitrogen and oxygen atoms in total. The van der Waals surface area contributed by atoms with Crippen molar-refractivity contribution in [2.45, 2.75) is 48.0 Å². The number of carbonyl (C=O) groups is 2. The smallest absolute Gasteiger partial charge is 0.225 e. The van der Waals surface area contributed by atoms with Crippen LogP contribution in [0.4, 0.5) is 0 Å². The first-order valence-corrected chi connectivity index (χ1v) is 7.73. The standard InChI is InChI=1S/2C8H15NO.CH4/c1-6(2)7-4-8(10)9(3)5-7;1-6(2)7-4-5-9(3)8(7)10;/h2*6-7H,4-5H2,1-3H3;1H4. The van der Waals surface area contributed by atoms with E-state index in [0.717, 1.165) is 25.9 Å². The predicted molar refractivity (Wildman–Crippen MR) is 87.9 cm³/mol. The lowest BCUT2D eigenvalue weighted by molar-refractivity contribution is -0.131. The highest BCUT2D eigenvalue weighted by molar-refractivity contribution is 5.80. The number of carbonyl (C=O) groups excluding carboxylic acids is 2. The largest absolute Gasteiger partial charge is 0.345 e. The summed E-state index contributed by atoms with van der Waals surface area (Å²) >= 11 is 0. The van der Waals surface area contributed by atoms with Crippen molar-refractivity contribution < 1.29 is 9.59 Å². The molecule has 124 valence electrons. The Balaban J connectivity index is 0.000000364. The van der Waals surface area contributed by atoms with Gasteiger partial charge in [-0.25, -0.2) is 0 Å². The van der Waals surface area contributed by atoms with Gasteiger partial charge < -0.3 is 9.80 Å². The highest BCUT2D eigenvalue weighted by Gasteiger charge is 2.31. The van der Waals surface area contributed by atoms with Gasteiger partial charge in [-0.15, -0.1) is 0 Å². The van der Waals surface area contributed by atoms with Gasteiger partial charge in [0.1, 0.15) is 0 Å². The molecule has 4 heteroatoms. The van der Waals surface area contributed by atoms with E-state index in [1.54, 1.807) is 0 Å². The minimum Gasteiger partial charge on any atom is -0.345 e. The van der Waals surface area contributed by atoms with Crippen LogP contribution in [-0.2, 0) is 9.59 Å². The average molecular weight is 298 g/mol. The number of amides is 2. The van der Waals surface area contributed by atoms with Gasteiger partial charge >= 0.3 is 0 Å². The molecule has 2 heterocycles. The Morgan fingerprint density at radius 1 is 1.00 bits per heavy atom. The van der Waals surface area contributed by atoms with Crippen LogP contribution in [0.5, 0.6) is 0 Å². The first-order valence-electron chi connectivity index (χ1n) is 7.73. The molecule has 0 bridgehead atoms. The van der Waals surface area contributed by atoms with Crippen molar-refractivity contribution in [2.24, 2.45) is 23.7 Å². The summed E-state index contributed by atoms with van der Waals surface area (Å²) in [6.07, 6.45) is 1.81. The molecule has 2 saturated heterocycles.